The molecule has 4 rings (SSSR count). The number of carboxylic acid groups (broad SMARTS) is 1. The number of cyclic esters (lactones) is 1. The minimum atomic E-state index is -1.27. The number of hydrogen-bond acceptors (Lipinski definition) is 5. The summed E-state index contributed by atoms with van der Waals surface area (Å²) in [5.74, 6) is -1.85. The number of pyridine rings is 1. The second-order valence-corrected chi connectivity index (χ2v) is 5.86. The lowest BCUT2D eigenvalue weighted by molar-refractivity contribution is -0.144. The summed E-state index contributed by atoms with van der Waals surface area (Å²) in [4.78, 5) is 28.2. The van der Waals surface area contributed by atoms with E-state index in [1.165, 1.54) is 12.1 Å². The van der Waals surface area contributed by atoms with E-state index in [1.54, 1.807) is 24.5 Å². The Hall–Kier alpha value is -3.75. The summed E-state index contributed by atoms with van der Waals surface area (Å²) in [6.45, 7) is -0.184. The lowest BCUT2D eigenvalue weighted by Gasteiger charge is -2.14. The molecule has 3 aromatic rings. The van der Waals surface area contributed by atoms with Crippen molar-refractivity contribution in [3.63, 3.8) is 0 Å². The zero-order valence-electron chi connectivity index (χ0n) is 13.8. The number of nitrogens with one attached hydrogen (secondary N) is 1. The number of carbonyl (C=O) groups is 2. The van der Waals surface area contributed by atoms with E-state index in [9.17, 15) is 14.0 Å². The summed E-state index contributed by atoms with van der Waals surface area (Å²) in [6, 6.07) is 9.55. The highest BCUT2D eigenvalue weighted by molar-refractivity contribution is 5.94. The third kappa shape index (κ3) is 2.99. The highest BCUT2D eigenvalue weighted by Gasteiger charge is 2.37. The number of amides is 1. The van der Waals surface area contributed by atoms with E-state index in [0.29, 0.717) is 17.0 Å². The SMILES string of the molecule is O=C(O)C1CN(c2ccc(-c3[nH]ncc3-c3ccccn3)c(F)c2)C(=O)O1. The van der Waals surface area contributed by atoms with Gasteiger partial charge in [0.1, 0.15) is 5.82 Å². The van der Waals surface area contributed by atoms with Crippen molar-refractivity contribution in [1.29, 1.82) is 0 Å². The Balaban J connectivity index is 1.67. The molecule has 0 aliphatic carbocycles. The molecule has 2 aromatic heterocycles. The molecular formula is C18H13FN4O4. The molecule has 0 bridgehead atoms. The predicted octanol–water partition coefficient (Wildman–Crippen LogP) is 2.69. The summed E-state index contributed by atoms with van der Waals surface area (Å²) in [5.41, 5.74) is 2.18. The van der Waals surface area contributed by atoms with E-state index in [4.69, 9.17) is 9.84 Å². The maximum atomic E-state index is 14.8. The van der Waals surface area contributed by atoms with Gasteiger partial charge in [-0.05, 0) is 30.3 Å². The standard InChI is InChI=1S/C18H13FN4O4/c19-13-7-10(23-9-15(17(24)25)27-18(23)26)4-5-11(13)16-12(8-21-22-16)14-3-1-2-6-20-14/h1-8,15H,9H2,(H,21,22)(H,24,25). The molecule has 8 nitrogen and oxygen atoms in total. The van der Waals surface area contributed by atoms with Crippen molar-refractivity contribution in [3.8, 4) is 22.5 Å². The van der Waals surface area contributed by atoms with Crippen LogP contribution in [0, 0.1) is 5.82 Å². The Morgan fingerprint density at radius 3 is 2.81 bits per heavy atom. The van der Waals surface area contributed by atoms with Gasteiger partial charge in [-0.2, -0.15) is 5.10 Å². The van der Waals surface area contributed by atoms with Crippen molar-refractivity contribution < 1.29 is 23.8 Å². The molecule has 0 saturated carbocycles. The molecular weight excluding hydrogens is 355 g/mol. The molecule has 2 N–H and O–H groups in total. The van der Waals surface area contributed by atoms with Gasteiger partial charge in [0.05, 0.1) is 29.8 Å². The van der Waals surface area contributed by atoms with Crippen molar-refractivity contribution in [2.24, 2.45) is 0 Å². The van der Waals surface area contributed by atoms with Crippen LogP contribution < -0.4 is 4.90 Å². The van der Waals surface area contributed by atoms with E-state index in [-0.39, 0.29) is 17.8 Å². The molecule has 9 heteroatoms. The first-order valence-electron chi connectivity index (χ1n) is 8.00. The number of anilines is 1. The molecule has 1 aromatic carbocycles. The van der Waals surface area contributed by atoms with Gasteiger partial charge in [-0.3, -0.25) is 15.0 Å². The van der Waals surface area contributed by atoms with Gasteiger partial charge in [-0.1, -0.05) is 6.07 Å². The highest BCUT2D eigenvalue weighted by Crippen LogP contribution is 2.33. The molecule has 27 heavy (non-hydrogen) atoms. The number of carboxylic acids is 1. The van der Waals surface area contributed by atoms with Crippen molar-refractivity contribution in [3.05, 3.63) is 54.6 Å². The normalized spacial score (nSPS) is 16.4. The topological polar surface area (TPSA) is 108 Å². The number of nitrogens with zero attached hydrogens (tertiary/aromatic N) is 3. The predicted molar refractivity (Wildman–Crippen MR) is 92.5 cm³/mol. The minimum Gasteiger partial charge on any atom is -0.478 e. The van der Waals surface area contributed by atoms with Gasteiger partial charge in [0.15, 0.2) is 0 Å². The molecule has 1 unspecified atom stereocenters. The average Bonchev–Trinajstić information content (AvgIpc) is 3.29. The number of aromatic amines is 1. The van der Waals surface area contributed by atoms with Crippen LogP contribution >= 0.6 is 0 Å². The lowest BCUT2D eigenvalue weighted by atomic mass is 10.0. The summed E-state index contributed by atoms with van der Waals surface area (Å²) < 4.78 is 19.5. The molecule has 1 aliphatic rings. The van der Waals surface area contributed by atoms with E-state index >= 15 is 0 Å². The Kier molecular flexibility index (Phi) is 4.03. The van der Waals surface area contributed by atoms with Crippen LogP contribution in [0.15, 0.2) is 48.8 Å². The molecule has 0 radical (unpaired) electrons. The third-order valence-electron chi connectivity index (χ3n) is 4.20. The van der Waals surface area contributed by atoms with Crippen molar-refractivity contribution in [2.75, 3.05) is 11.4 Å². The second-order valence-electron chi connectivity index (χ2n) is 5.86. The van der Waals surface area contributed by atoms with Crippen LogP contribution in [0.2, 0.25) is 0 Å². The van der Waals surface area contributed by atoms with Crippen LogP contribution in [-0.2, 0) is 9.53 Å². The number of hydrogen-bond donors (Lipinski definition) is 2. The Morgan fingerprint density at radius 2 is 2.15 bits per heavy atom. The van der Waals surface area contributed by atoms with Crippen LogP contribution in [0.1, 0.15) is 0 Å². The molecule has 3 heterocycles. The van der Waals surface area contributed by atoms with E-state index < -0.39 is 24.0 Å². The molecule has 0 spiro atoms. The molecule has 1 saturated heterocycles. The Morgan fingerprint density at radius 1 is 1.30 bits per heavy atom. The first kappa shape index (κ1) is 16.7. The second kappa shape index (κ2) is 6.52. The zero-order chi connectivity index (χ0) is 19.0. The molecule has 1 amide bonds. The maximum absolute atomic E-state index is 14.8. The van der Waals surface area contributed by atoms with Gasteiger partial charge >= 0.3 is 12.1 Å². The third-order valence-corrected chi connectivity index (χ3v) is 4.20. The molecule has 1 atom stereocenters. The van der Waals surface area contributed by atoms with Crippen molar-refractivity contribution >= 4 is 17.7 Å². The Labute approximate surface area is 152 Å². The van der Waals surface area contributed by atoms with E-state index in [2.05, 4.69) is 15.2 Å². The molecule has 1 fully saturated rings. The van der Waals surface area contributed by atoms with E-state index in [1.807, 2.05) is 6.07 Å². The number of benzene rings is 1. The van der Waals surface area contributed by atoms with Crippen LogP contribution in [0.4, 0.5) is 14.9 Å². The van der Waals surface area contributed by atoms with Crippen LogP contribution in [0.3, 0.4) is 0 Å². The maximum Gasteiger partial charge on any atom is 0.415 e. The fourth-order valence-corrected chi connectivity index (χ4v) is 2.88. The van der Waals surface area contributed by atoms with Gasteiger partial charge in [0.2, 0.25) is 6.10 Å². The first-order valence-corrected chi connectivity index (χ1v) is 8.00. The summed E-state index contributed by atoms with van der Waals surface area (Å²) in [6.07, 6.45) is 1.08. The highest BCUT2D eigenvalue weighted by atomic mass is 19.1. The van der Waals surface area contributed by atoms with Gasteiger partial charge in [-0.25, -0.2) is 14.0 Å². The summed E-state index contributed by atoms with van der Waals surface area (Å²) in [7, 11) is 0. The number of H-pyrrole nitrogens is 1. The number of halogens is 1. The zero-order valence-corrected chi connectivity index (χ0v) is 13.8. The monoisotopic (exact) mass is 368 g/mol. The van der Waals surface area contributed by atoms with Gasteiger partial charge in [-0.15, -0.1) is 0 Å². The minimum absolute atomic E-state index is 0.184. The van der Waals surface area contributed by atoms with E-state index in [0.717, 1.165) is 11.0 Å². The average molecular weight is 368 g/mol. The van der Waals surface area contributed by atoms with Gasteiger partial charge in [0, 0.05) is 17.3 Å². The Bertz CT molecular complexity index is 1020. The molecule has 1 aliphatic heterocycles. The smallest absolute Gasteiger partial charge is 0.415 e. The number of carbonyl (C=O) groups excluding carboxylic acids is 1. The quantitative estimate of drug-likeness (QED) is 0.733. The van der Waals surface area contributed by atoms with Gasteiger partial charge in [0.25, 0.3) is 0 Å². The number of ether oxygens (including phenoxy) is 1. The lowest BCUT2D eigenvalue weighted by Crippen LogP contribution is -2.27. The van der Waals surface area contributed by atoms with Crippen molar-refractivity contribution in [1.82, 2.24) is 15.2 Å². The fraction of sp³-hybridized carbons (Fsp3) is 0.111. The summed E-state index contributed by atoms with van der Waals surface area (Å²) >= 11 is 0. The van der Waals surface area contributed by atoms with Crippen LogP contribution in [0.5, 0.6) is 0 Å². The fourth-order valence-electron chi connectivity index (χ4n) is 2.88. The number of aromatic nitrogens is 3. The first-order chi connectivity index (χ1) is 13.0. The largest absolute Gasteiger partial charge is 0.478 e. The van der Waals surface area contributed by atoms with Crippen LogP contribution in [-0.4, -0.2) is 45.0 Å². The molecule has 136 valence electrons. The van der Waals surface area contributed by atoms with Gasteiger partial charge < -0.3 is 9.84 Å². The van der Waals surface area contributed by atoms with Crippen molar-refractivity contribution in [2.45, 2.75) is 6.10 Å². The number of aliphatic carboxylic acids is 1. The number of rotatable bonds is 4. The summed E-state index contributed by atoms with van der Waals surface area (Å²) in [5, 5.41) is 15.7. The van der Waals surface area contributed by atoms with Crippen LogP contribution in [0.25, 0.3) is 22.5 Å².